The SMILES string of the molecule is CCCNC(c1ccccc1)C(C)(C)CN(CC)C1CC1. The fourth-order valence-electron chi connectivity index (χ4n) is 3.33. The first kappa shape index (κ1) is 16.5. The minimum atomic E-state index is 0.231. The molecule has 0 aliphatic heterocycles. The highest BCUT2D eigenvalue weighted by molar-refractivity contribution is 5.21. The van der Waals surface area contributed by atoms with E-state index in [0.717, 1.165) is 12.6 Å². The molecule has 1 aliphatic carbocycles. The first-order valence-corrected chi connectivity index (χ1v) is 8.61. The van der Waals surface area contributed by atoms with Crippen molar-refractivity contribution in [2.75, 3.05) is 19.6 Å². The van der Waals surface area contributed by atoms with Gasteiger partial charge in [0.25, 0.3) is 0 Å². The highest BCUT2D eigenvalue weighted by atomic mass is 15.2. The van der Waals surface area contributed by atoms with Gasteiger partial charge in [0.15, 0.2) is 0 Å². The summed E-state index contributed by atoms with van der Waals surface area (Å²) >= 11 is 0. The summed E-state index contributed by atoms with van der Waals surface area (Å²) < 4.78 is 0. The van der Waals surface area contributed by atoms with E-state index in [-0.39, 0.29) is 5.41 Å². The van der Waals surface area contributed by atoms with E-state index in [4.69, 9.17) is 0 Å². The lowest BCUT2D eigenvalue weighted by molar-refractivity contribution is 0.134. The summed E-state index contributed by atoms with van der Waals surface area (Å²) in [6, 6.07) is 12.2. The Morgan fingerprint density at radius 1 is 1.19 bits per heavy atom. The third-order valence-electron chi connectivity index (χ3n) is 4.59. The molecule has 0 amide bonds. The first-order valence-electron chi connectivity index (χ1n) is 8.61. The molecule has 1 aromatic carbocycles. The molecule has 1 unspecified atom stereocenters. The van der Waals surface area contributed by atoms with Crippen LogP contribution in [0.3, 0.4) is 0 Å². The van der Waals surface area contributed by atoms with Gasteiger partial charge in [0.05, 0.1) is 0 Å². The van der Waals surface area contributed by atoms with Gasteiger partial charge in [-0.1, -0.05) is 58.0 Å². The number of hydrogen-bond acceptors (Lipinski definition) is 2. The van der Waals surface area contributed by atoms with Crippen molar-refractivity contribution in [2.24, 2.45) is 5.41 Å². The molecule has 21 heavy (non-hydrogen) atoms. The highest BCUT2D eigenvalue weighted by Crippen LogP contribution is 2.37. The van der Waals surface area contributed by atoms with Crippen LogP contribution in [0.1, 0.15) is 58.6 Å². The number of nitrogens with zero attached hydrogens (tertiary/aromatic N) is 1. The van der Waals surface area contributed by atoms with Crippen molar-refractivity contribution in [1.29, 1.82) is 0 Å². The summed E-state index contributed by atoms with van der Waals surface area (Å²) in [5, 5.41) is 3.79. The molecule has 0 saturated heterocycles. The van der Waals surface area contributed by atoms with Gasteiger partial charge in [-0.15, -0.1) is 0 Å². The van der Waals surface area contributed by atoms with Crippen LogP contribution in [0.5, 0.6) is 0 Å². The number of nitrogens with one attached hydrogen (secondary N) is 1. The average Bonchev–Trinajstić information content (AvgIpc) is 3.31. The predicted molar refractivity (Wildman–Crippen MR) is 91.5 cm³/mol. The van der Waals surface area contributed by atoms with E-state index in [1.807, 2.05) is 0 Å². The number of benzene rings is 1. The Balaban J connectivity index is 2.13. The van der Waals surface area contributed by atoms with Crippen molar-refractivity contribution in [3.05, 3.63) is 35.9 Å². The van der Waals surface area contributed by atoms with Crippen molar-refractivity contribution in [3.8, 4) is 0 Å². The molecule has 2 nitrogen and oxygen atoms in total. The monoisotopic (exact) mass is 288 g/mol. The van der Waals surface area contributed by atoms with Gasteiger partial charge >= 0.3 is 0 Å². The lowest BCUT2D eigenvalue weighted by Gasteiger charge is -2.39. The van der Waals surface area contributed by atoms with E-state index in [1.54, 1.807) is 0 Å². The molecule has 0 bridgehead atoms. The highest BCUT2D eigenvalue weighted by Gasteiger charge is 2.36. The van der Waals surface area contributed by atoms with E-state index in [9.17, 15) is 0 Å². The van der Waals surface area contributed by atoms with Crippen LogP contribution >= 0.6 is 0 Å². The average molecular weight is 288 g/mol. The predicted octanol–water partition coefficient (Wildman–Crippen LogP) is 4.24. The largest absolute Gasteiger partial charge is 0.309 e. The zero-order valence-electron chi connectivity index (χ0n) is 14.2. The summed E-state index contributed by atoms with van der Waals surface area (Å²) in [5.74, 6) is 0. The van der Waals surface area contributed by atoms with E-state index >= 15 is 0 Å². The van der Waals surface area contributed by atoms with E-state index in [2.05, 4.69) is 68.2 Å². The second-order valence-electron chi connectivity index (χ2n) is 7.08. The van der Waals surface area contributed by atoms with Gasteiger partial charge in [-0.2, -0.15) is 0 Å². The van der Waals surface area contributed by atoms with Crippen LogP contribution in [0, 0.1) is 5.41 Å². The maximum Gasteiger partial charge on any atom is 0.0384 e. The van der Waals surface area contributed by atoms with Crippen LogP contribution in [-0.2, 0) is 0 Å². The van der Waals surface area contributed by atoms with Gasteiger partial charge in [0.1, 0.15) is 0 Å². The molecule has 1 atom stereocenters. The molecule has 1 saturated carbocycles. The fourth-order valence-corrected chi connectivity index (χ4v) is 3.33. The van der Waals surface area contributed by atoms with Gasteiger partial charge in [-0.3, -0.25) is 0 Å². The summed E-state index contributed by atoms with van der Waals surface area (Å²) in [6.07, 6.45) is 3.96. The molecule has 0 heterocycles. The van der Waals surface area contributed by atoms with Crippen molar-refractivity contribution < 1.29 is 0 Å². The van der Waals surface area contributed by atoms with Crippen LogP contribution in [0.4, 0.5) is 0 Å². The molecule has 2 rings (SSSR count). The quantitative estimate of drug-likeness (QED) is 0.731. The zero-order valence-corrected chi connectivity index (χ0v) is 14.2. The summed E-state index contributed by atoms with van der Waals surface area (Å²) in [6.45, 7) is 12.8. The molecule has 2 heteroatoms. The van der Waals surface area contributed by atoms with Crippen LogP contribution < -0.4 is 5.32 Å². The molecule has 0 aromatic heterocycles. The smallest absolute Gasteiger partial charge is 0.0384 e. The lowest BCUT2D eigenvalue weighted by Crippen LogP contribution is -2.44. The fraction of sp³-hybridized carbons (Fsp3) is 0.684. The Morgan fingerprint density at radius 2 is 1.86 bits per heavy atom. The maximum absolute atomic E-state index is 3.79. The second-order valence-corrected chi connectivity index (χ2v) is 7.08. The molecule has 1 fully saturated rings. The number of rotatable bonds is 9. The van der Waals surface area contributed by atoms with Crippen molar-refractivity contribution in [1.82, 2.24) is 10.2 Å². The Morgan fingerprint density at radius 3 is 2.38 bits per heavy atom. The zero-order chi connectivity index (χ0) is 15.3. The third kappa shape index (κ3) is 4.55. The Bertz CT molecular complexity index is 409. The normalized spacial score (nSPS) is 17.2. The molecule has 1 aromatic rings. The van der Waals surface area contributed by atoms with Gasteiger partial charge in [-0.05, 0) is 43.3 Å². The van der Waals surface area contributed by atoms with Crippen molar-refractivity contribution >= 4 is 0 Å². The Kier molecular flexibility index (Phi) is 5.83. The molecule has 118 valence electrons. The topological polar surface area (TPSA) is 15.3 Å². The molecular formula is C19H32N2. The minimum absolute atomic E-state index is 0.231. The lowest BCUT2D eigenvalue weighted by atomic mass is 9.79. The van der Waals surface area contributed by atoms with Crippen LogP contribution in [0.2, 0.25) is 0 Å². The second kappa shape index (κ2) is 7.42. The van der Waals surface area contributed by atoms with Gasteiger partial charge in [-0.25, -0.2) is 0 Å². The standard InChI is InChI=1S/C19H32N2/c1-5-14-20-18(16-10-8-7-9-11-16)19(3,4)15-21(6-2)17-12-13-17/h7-11,17-18,20H,5-6,12-15H2,1-4H3. The molecule has 0 radical (unpaired) electrons. The molecule has 1 N–H and O–H groups in total. The van der Waals surface area contributed by atoms with Gasteiger partial charge < -0.3 is 10.2 Å². The van der Waals surface area contributed by atoms with E-state index in [1.165, 1.54) is 37.9 Å². The van der Waals surface area contributed by atoms with Crippen LogP contribution in [0.15, 0.2) is 30.3 Å². The third-order valence-corrected chi connectivity index (χ3v) is 4.59. The Labute approximate surface area is 130 Å². The van der Waals surface area contributed by atoms with Crippen molar-refractivity contribution in [3.63, 3.8) is 0 Å². The van der Waals surface area contributed by atoms with Crippen LogP contribution in [-0.4, -0.2) is 30.6 Å². The summed E-state index contributed by atoms with van der Waals surface area (Å²) in [5.41, 5.74) is 1.65. The number of hydrogen-bond donors (Lipinski definition) is 1. The minimum Gasteiger partial charge on any atom is -0.309 e. The first-order chi connectivity index (χ1) is 10.1. The summed E-state index contributed by atoms with van der Waals surface area (Å²) in [4.78, 5) is 2.67. The maximum atomic E-state index is 3.79. The van der Waals surface area contributed by atoms with Gasteiger partial charge in [0, 0.05) is 18.6 Å². The van der Waals surface area contributed by atoms with Crippen molar-refractivity contribution in [2.45, 2.75) is 59.0 Å². The Hall–Kier alpha value is -0.860. The van der Waals surface area contributed by atoms with Gasteiger partial charge in [0.2, 0.25) is 0 Å². The van der Waals surface area contributed by atoms with E-state index in [0.29, 0.717) is 6.04 Å². The molecular weight excluding hydrogens is 256 g/mol. The summed E-state index contributed by atoms with van der Waals surface area (Å²) in [7, 11) is 0. The van der Waals surface area contributed by atoms with E-state index < -0.39 is 0 Å². The van der Waals surface area contributed by atoms with Crippen LogP contribution in [0.25, 0.3) is 0 Å². The molecule has 0 spiro atoms. The molecule has 1 aliphatic rings.